The van der Waals surface area contributed by atoms with Crippen LogP contribution in [0.5, 0.6) is 0 Å². The molecule has 0 fully saturated rings. The summed E-state index contributed by atoms with van der Waals surface area (Å²) in [6.45, 7) is 0. The predicted molar refractivity (Wildman–Crippen MR) is 271 cm³/mol. The molecule has 0 saturated carbocycles. The molecule has 1 aliphatic carbocycles. The van der Waals surface area contributed by atoms with Crippen LogP contribution in [-0.2, 0) is 5.41 Å². The standard InChI is InChI=1S/C61H40N2S/c1-6-18-41(19-7-1)42-30-36-57-53(38-42)59-58(64-57)37-34-51-52-39-47(32-35-56(52)63(60(51)59)46-26-14-5-15-27-46)62(45-24-12-4-13-25-45)48-31-33-50-49-28-16-17-29-54(49)61(55(50)40-48,43-20-8-2-9-21-43)44-22-10-3-11-23-44/h1-40H. The van der Waals surface area contributed by atoms with Gasteiger partial charge in [-0.05, 0) is 117 Å². The third kappa shape index (κ3) is 5.44. The molecule has 10 aromatic carbocycles. The van der Waals surface area contributed by atoms with Crippen LogP contribution in [0.2, 0.25) is 0 Å². The Morgan fingerprint density at radius 3 is 1.70 bits per heavy atom. The van der Waals surface area contributed by atoms with E-state index in [-0.39, 0.29) is 0 Å². The zero-order valence-corrected chi connectivity index (χ0v) is 35.7. The Morgan fingerprint density at radius 1 is 0.375 bits per heavy atom. The molecule has 0 radical (unpaired) electrons. The maximum absolute atomic E-state index is 2.49. The van der Waals surface area contributed by atoms with Gasteiger partial charge in [-0.2, -0.15) is 0 Å². The number of para-hydroxylation sites is 2. The molecule has 0 saturated heterocycles. The Balaban J connectivity index is 1.07. The molecule has 0 amide bonds. The second kappa shape index (κ2) is 14.6. The number of anilines is 3. The van der Waals surface area contributed by atoms with Crippen LogP contribution in [0.4, 0.5) is 17.1 Å². The minimum atomic E-state index is -0.505. The van der Waals surface area contributed by atoms with Crippen molar-refractivity contribution in [1.29, 1.82) is 0 Å². The maximum atomic E-state index is 2.49. The van der Waals surface area contributed by atoms with Gasteiger partial charge < -0.3 is 9.47 Å². The second-order valence-electron chi connectivity index (χ2n) is 16.8. The highest BCUT2D eigenvalue weighted by Gasteiger charge is 2.46. The Labute approximate surface area is 376 Å². The molecule has 0 atom stereocenters. The first-order valence-corrected chi connectivity index (χ1v) is 22.8. The number of hydrogen-bond acceptors (Lipinski definition) is 2. The molecule has 12 aromatic rings. The molecule has 2 aromatic heterocycles. The van der Waals surface area contributed by atoms with Crippen LogP contribution in [0, 0.1) is 0 Å². The Bertz CT molecular complexity index is 3660. The highest BCUT2D eigenvalue weighted by atomic mass is 32.1. The zero-order valence-electron chi connectivity index (χ0n) is 34.9. The van der Waals surface area contributed by atoms with Gasteiger partial charge in [0.25, 0.3) is 0 Å². The highest BCUT2D eigenvalue weighted by molar-refractivity contribution is 7.26. The quantitative estimate of drug-likeness (QED) is 0.155. The molecule has 0 N–H and O–H groups in total. The molecule has 3 heteroatoms. The van der Waals surface area contributed by atoms with Crippen molar-refractivity contribution >= 4 is 70.4 Å². The topological polar surface area (TPSA) is 8.17 Å². The lowest BCUT2D eigenvalue weighted by molar-refractivity contribution is 0.768. The van der Waals surface area contributed by atoms with Crippen LogP contribution < -0.4 is 4.90 Å². The SMILES string of the molecule is c1ccc(-c2ccc3sc4ccc5c6cc(N(c7ccccc7)c7ccc8c(c7)C(c7ccccc7)(c7ccccc7)c7ccccc7-8)ccc6n(-c6ccccc6)c5c4c3c2)cc1. The zero-order chi connectivity index (χ0) is 42.2. The van der Waals surface area contributed by atoms with E-state index < -0.39 is 5.41 Å². The van der Waals surface area contributed by atoms with E-state index in [0.29, 0.717) is 0 Å². The van der Waals surface area contributed by atoms with Gasteiger partial charge in [-0.15, -0.1) is 11.3 Å². The Kier molecular flexibility index (Phi) is 8.34. The molecule has 0 spiro atoms. The molecule has 2 nitrogen and oxygen atoms in total. The van der Waals surface area contributed by atoms with Gasteiger partial charge in [0, 0.05) is 53.7 Å². The third-order valence-electron chi connectivity index (χ3n) is 13.4. The lowest BCUT2D eigenvalue weighted by atomic mass is 9.67. The number of benzene rings is 10. The van der Waals surface area contributed by atoms with E-state index in [1.165, 1.54) is 86.5 Å². The molecule has 13 rings (SSSR count). The fraction of sp³-hybridized carbons (Fsp3) is 0.0164. The summed E-state index contributed by atoms with van der Waals surface area (Å²) in [7, 11) is 0. The second-order valence-corrected chi connectivity index (χ2v) is 17.9. The molecule has 1 aliphatic rings. The van der Waals surface area contributed by atoms with Gasteiger partial charge in [0.2, 0.25) is 0 Å². The molecular weight excluding hydrogens is 793 g/mol. The van der Waals surface area contributed by atoms with Crippen LogP contribution in [-0.4, -0.2) is 4.57 Å². The molecule has 2 heterocycles. The van der Waals surface area contributed by atoms with Crippen LogP contribution >= 0.6 is 11.3 Å². The summed E-state index contributed by atoms with van der Waals surface area (Å²) in [6.07, 6.45) is 0. The fourth-order valence-corrected chi connectivity index (χ4v) is 11.8. The molecule has 0 aliphatic heterocycles. The van der Waals surface area contributed by atoms with Gasteiger partial charge in [0.1, 0.15) is 0 Å². The smallest absolute Gasteiger partial charge is 0.0714 e. The monoisotopic (exact) mass is 832 g/mol. The lowest BCUT2D eigenvalue weighted by Crippen LogP contribution is -2.28. The number of nitrogens with zero attached hydrogens (tertiary/aromatic N) is 2. The minimum absolute atomic E-state index is 0.505. The number of rotatable bonds is 7. The Hall–Kier alpha value is -7.98. The van der Waals surface area contributed by atoms with Gasteiger partial charge in [-0.25, -0.2) is 0 Å². The summed E-state index contributed by atoms with van der Waals surface area (Å²) >= 11 is 1.88. The first-order chi connectivity index (χ1) is 31.8. The van der Waals surface area contributed by atoms with Gasteiger partial charge in [-0.3, -0.25) is 0 Å². The number of hydrogen-bond donors (Lipinski definition) is 0. The van der Waals surface area contributed by atoms with Crippen molar-refractivity contribution in [2.75, 3.05) is 4.90 Å². The van der Waals surface area contributed by atoms with Gasteiger partial charge in [-0.1, -0.05) is 170 Å². The van der Waals surface area contributed by atoms with E-state index in [0.717, 1.165) is 22.7 Å². The number of fused-ring (bicyclic) bond motifs is 10. The van der Waals surface area contributed by atoms with Crippen molar-refractivity contribution in [2.24, 2.45) is 0 Å². The van der Waals surface area contributed by atoms with Crippen LogP contribution in [0.1, 0.15) is 22.3 Å². The summed E-state index contributed by atoms with van der Waals surface area (Å²) in [5.41, 5.74) is 16.5. The summed E-state index contributed by atoms with van der Waals surface area (Å²) in [4.78, 5) is 2.44. The number of thiophene rings is 1. The van der Waals surface area contributed by atoms with Crippen molar-refractivity contribution in [2.45, 2.75) is 5.41 Å². The summed E-state index contributed by atoms with van der Waals surface area (Å²) < 4.78 is 5.08. The lowest BCUT2D eigenvalue weighted by Gasteiger charge is -2.35. The van der Waals surface area contributed by atoms with E-state index in [9.17, 15) is 0 Å². The summed E-state index contributed by atoms with van der Waals surface area (Å²) in [5, 5.41) is 5.04. The van der Waals surface area contributed by atoms with E-state index in [4.69, 9.17) is 0 Å². The third-order valence-corrected chi connectivity index (χ3v) is 14.6. The van der Waals surface area contributed by atoms with Gasteiger partial charge >= 0.3 is 0 Å². The molecule has 0 bridgehead atoms. The predicted octanol–water partition coefficient (Wildman–Crippen LogP) is 16.7. The molecular formula is C61H40N2S. The van der Waals surface area contributed by atoms with Crippen molar-refractivity contribution in [1.82, 2.24) is 4.57 Å². The Morgan fingerprint density at radius 2 is 0.969 bits per heavy atom. The molecule has 300 valence electrons. The number of aromatic nitrogens is 1. The highest BCUT2D eigenvalue weighted by Crippen LogP contribution is 2.57. The van der Waals surface area contributed by atoms with Crippen molar-refractivity contribution in [3.05, 3.63) is 265 Å². The largest absolute Gasteiger partial charge is 0.310 e. The van der Waals surface area contributed by atoms with Crippen LogP contribution in [0.25, 0.3) is 69.9 Å². The first kappa shape index (κ1) is 36.7. The summed E-state index contributed by atoms with van der Waals surface area (Å²) in [6, 6.07) is 89.5. The van der Waals surface area contributed by atoms with E-state index in [1.807, 2.05) is 11.3 Å². The van der Waals surface area contributed by atoms with Crippen LogP contribution in [0.15, 0.2) is 243 Å². The molecule has 64 heavy (non-hydrogen) atoms. The normalized spacial score (nSPS) is 12.8. The van der Waals surface area contributed by atoms with Crippen molar-refractivity contribution in [3.63, 3.8) is 0 Å². The van der Waals surface area contributed by atoms with E-state index >= 15 is 0 Å². The van der Waals surface area contributed by atoms with Crippen LogP contribution in [0.3, 0.4) is 0 Å². The fourth-order valence-electron chi connectivity index (χ4n) is 10.7. The first-order valence-electron chi connectivity index (χ1n) is 22.0. The van der Waals surface area contributed by atoms with E-state index in [2.05, 4.69) is 252 Å². The average Bonchev–Trinajstić information content (AvgIpc) is 4.01. The van der Waals surface area contributed by atoms with Crippen molar-refractivity contribution < 1.29 is 0 Å². The van der Waals surface area contributed by atoms with E-state index in [1.54, 1.807) is 0 Å². The maximum Gasteiger partial charge on any atom is 0.0714 e. The molecule has 0 unspecified atom stereocenters. The van der Waals surface area contributed by atoms with Gasteiger partial charge in [0.15, 0.2) is 0 Å². The summed E-state index contributed by atoms with van der Waals surface area (Å²) in [5.74, 6) is 0. The minimum Gasteiger partial charge on any atom is -0.310 e. The van der Waals surface area contributed by atoms with Gasteiger partial charge in [0.05, 0.1) is 16.4 Å². The van der Waals surface area contributed by atoms with Crippen molar-refractivity contribution in [3.8, 4) is 27.9 Å². The average molecular weight is 833 g/mol.